The van der Waals surface area contributed by atoms with Gasteiger partial charge in [-0.25, -0.2) is 0 Å². The number of ketones is 1. The Morgan fingerprint density at radius 3 is 1.84 bits per heavy atom. The molecule has 0 bridgehead atoms. The van der Waals surface area contributed by atoms with E-state index in [-0.39, 0.29) is 23.2 Å². The van der Waals surface area contributed by atoms with E-state index in [1.807, 2.05) is 6.92 Å². The first-order valence-corrected chi connectivity index (χ1v) is 17.1. The molecule has 0 radical (unpaired) electrons. The van der Waals surface area contributed by atoms with Gasteiger partial charge in [0.05, 0.1) is 18.4 Å². The number of hydrogen-bond donors (Lipinski definition) is 0. The fourth-order valence-electron chi connectivity index (χ4n) is 4.01. The summed E-state index contributed by atoms with van der Waals surface area (Å²) in [7, 11) is -2.41. The van der Waals surface area contributed by atoms with Gasteiger partial charge in [-0.05, 0) is 51.2 Å². The molecule has 0 N–H and O–H groups in total. The SMILES string of the molecule is C=CC[C@H](C)[C@H](C(=O)OCC(Cl)(Cl)Cl)[C@@H](C)C(=O)C(C)(C)[C@@H](CC(=O)OC(C)(C)C)O[Si](C)(C)C(C)(C)C. The van der Waals surface area contributed by atoms with E-state index in [1.165, 1.54) is 0 Å². The summed E-state index contributed by atoms with van der Waals surface area (Å²) in [6.07, 6.45) is 1.31. The number of alkyl halides is 3. The van der Waals surface area contributed by atoms with E-state index in [0.29, 0.717) is 6.42 Å². The molecule has 0 saturated carbocycles. The van der Waals surface area contributed by atoms with Gasteiger partial charge in [-0.3, -0.25) is 14.4 Å². The summed E-state index contributed by atoms with van der Waals surface area (Å²) in [6.45, 7) is 26.2. The van der Waals surface area contributed by atoms with Crippen LogP contribution in [0.15, 0.2) is 12.7 Å². The lowest BCUT2D eigenvalue weighted by molar-refractivity contribution is -0.162. The van der Waals surface area contributed by atoms with Gasteiger partial charge in [0.15, 0.2) is 8.32 Å². The Kier molecular flexibility index (Phi) is 13.6. The number of carbonyl (C=O) groups is 3. The van der Waals surface area contributed by atoms with Crippen molar-refractivity contribution < 1.29 is 28.3 Å². The Morgan fingerprint density at radius 2 is 1.45 bits per heavy atom. The highest BCUT2D eigenvalue weighted by atomic mass is 35.6. The summed E-state index contributed by atoms with van der Waals surface area (Å²) >= 11 is 17.4. The van der Waals surface area contributed by atoms with Crippen LogP contribution in [-0.2, 0) is 28.3 Å². The Hall–Kier alpha value is -0.603. The fraction of sp³-hybridized carbons (Fsp3) is 0.821. The van der Waals surface area contributed by atoms with Crippen molar-refractivity contribution >= 4 is 60.8 Å². The molecule has 0 aliphatic rings. The van der Waals surface area contributed by atoms with Crippen LogP contribution in [0.4, 0.5) is 0 Å². The maximum absolute atomic E-state index is 14.1. The second-order valence-electron chi connectivity index (χ2n) is 13.3. The zero-order chi connectivity index (χ0) is 30.5. The molecule has 0 rings (SSSR count). The second-order valence-corrected chi connectivity index (χ2v) is 20.6. The number of Topliss-reactive ketones (excluding diaryl/α,β-unsaturated/α-hetero) is 1. The van der Waals surface area contributed by atoms with Crippen molar-refractivity contribution in [2.45, 2.75) is 116 Å². The van der Waals surface area contributed by atoms with Gasteiger partial charge in [-0.2, -0.15) is 0 Å². The first kappa shape index (κ1) is 37.4. The van der Waals surface area contributed by atoms with Gasteiger partial charge in [0.2, 0.25) is 3.79 Å². The van der Waals surface area contributed by atoms with E-state index in [1.54, 1.807) is 47.6 Å². The van der Waals surface area contributed by atoms with Gasteiger partial charge < -0.3 is 13.9 Å². The van der Waals surface area contributed by atoms with Crippen molar-refractivity contribution in [1.82, 2.24) is 0 Å². The van der Waals surface area contributed by atoms with Crippen LogP contribution in [0.1, 0.15) is 82.1 Å². The van der Waals surface area contributed by atoms with Gasteiger partial charge in [-0.15, -0.1) is 6.58 Å². The molecule has 38 heavy (non-hydrogen) atoms. The summed E-state index contributed by atoms with van der Waals surface area (Å²) in [6, 6.07) is 0. The molecule has 4 atom stereocenters. The van der Waals surface area contributed by atoms with Crippen LogP contribution in [-0.4, -0.2) is 48.1 Å². The largest absolute Gasteiger partial charge is 0.461 e. The molecule has 0 aromatic heterocycles. The monoisotopic (exact) mass is 614 g/mol. The summed E-state index contributed by atoms with van der Waals surface area (Å²) < 4.78 is 15.8. The minimum Gasteiger partial charge on any atom is -0.461 e. The van der Waals surface area contributed by atoms with E-state index < -0.39 is 59.6 Å². The first-order valence-electron chi connectivity index (χ1n) is 13.0. The molecular weight excluding hydrogens is 567 g/mol. The van der Waals surface area contributed by atoms with Crippen LogP contribution in [0.2, 0.25) is 18.1 Å². The molecule has 10 heteroatoms. The van der Waals surface area contributed by atoms with E-state index >= 15 is 0 Å². The summed E-state index contributed by atoms with van der Waals surface area (Å²) in [5.74, 6) is -3.16. The van der Waals surface area contributed by atoms with Crippen molar-refractivity contribution in [3.8, 4) is 0 Å². The molecule has 222 valence electrons. The van der Waals surface area contributed by atoms with E-state index in [2.05, 4.69) is 40.4 Å². The fourth-order valence-corrected chi connectivity index (χ4v) is 5.61. The molecule has 0 aromatic carbocycles. The Balaban J connectivity index is 6.39. The number of carbonyl (C=O) groups excluding carboxylic acids is 3. The zero-order valence-corrected chi connectivity index (χ0v) is 28.6. The average Bonchev–Trinajstić information content (AvgIpc) is 2.68. The quantitative estimate of drug-likeness (QED) is 0.0902. The van der Waals surface area contributed by atoms with Gasteiger partial charge in [-0.1, -0.05) is 89.3 Å². The third kappa shape index (κ3) is 11.9. The van der Waals surface area contributed by atoms with Gasteiger partial charge >= 0.3 is 11.9 Å². The van der Waals surface area contributed by atoms with Crippen molar-refractivity contribution in [1.29, 1.82) is 0 Å². The predicted molar refractivity (Wildman–Crippen MR) is 159 cm³/mol. The zero-order valence-electron chi connectivity index (χ0n) is 25.3. The highest BCUT2D eigenvalue weighted by Crippen LogP contribution is 2.43. The third-order valence-corrected chi connectivity index (χ3v) is 12.0. The third-order valence-electron chi connectivity index (χ3n) is 7.21. The lowest BCUT2D eigenvalue weighted by Gasteiger charge is -2.44. The molecular formula is C28H49Cl3O6Si. The maximum Gasteiger partial charge on any atom is 0.310 e. The Bertz CT molecular complexity index is 837. The van der Waals surface area contributed by atoms with Crippen LogP contribution < -0.4 is 0 Å². The minimum absolute atomic E-state index is 0.0974. The molecule has 0 aromatic rings. The molecule has 0 heterocycles. The molecule has 0 spiro atoms. The number of allylic oxidation sites excluding steroid dienone is 1. The molecule has 0 amide bonds. The molecule has 6 nitrogen and oxygen atoms in total. The van der Waals surface area contributed by atoms with Gasteiger partial charge in [0.1, 0.15) is 18.0 Å². The molecule has 0 aliphatic heterocycles. The van der Waals surface area contributed by atoms with Gasteiger partial charge in [0, 0.05) is 11.3 Å². The molecule has 0 unspecified atom stereocenters. The average molecular weight is 616 g/mol. The van der Waals surface area contributed by atoms with Gasteiger partial charge in [0.25, 0.3) is 0 Å². The maximum atomic E-state index is 14.1. The normalized spacial score (nSPS) is 16.7. The minimum atomic E-state index is -2.41. The van der Waals surface area contributed by atoms with E-state index in [4.69, 9.17) is 48.7 Å². The lowest BCUT2D eigenvalue weighted by Crippen LogP contribution is -2.53. The number of rotatable bonds is 13. The van der Waals surface area contributed by atoms with Crippen LogP contribution >= 0.6 is 34.8 Å². The predicted octanol–water partition coefficient (Wildman–Crippen LogP) is 8.08. The van der Waals surface area contributed by atoms with Crippen LogP contribution in [0.5, 0.6) is 0 Å². The second kappa shape index (κ2) is 13.8. The Labute approximate surface area is 246 Å². The number of hydrogen-bond acceptors (Lipinski definition) is 6. The van der Waals surface area contributed by atoms with Crippen molar-refractivity contribution in [2.75, 3.05) is 6.61 Å². The summed E-state index contributed by atoms with van der Waals surface area (Å²) in [5, 5.41) is -0.161. The standard InChI is InChI=1S/C28H49Cl3O6Si/c1-14-15-18(2)22(24(34)35-17-28(29,30)31)19(3)23(33)27(10,11)20(16-21(32)36-25(4,5)6)37-38(12,13)26(7,8)9/h14,18-20,22H,1,15-17H2,2-13H3/t18-,19+,20+,22-/m0/s1. The number of ether oxygens (including phenoxy) is 2. The van der Waals surface area contributed by atoms with Crippen molar-refractivity contribution in [3.63, 3.8) is 0 Å². The van der Waals surface area contributed by atoms with Crippen molar-refractivity contribution in [2.24, 2.45) is 23.2 Å². The topological polar surface area (TPSA) is 78.9 Å². The molecule has 0 saturated heterocycles. The smallest absolute Gasteiger partial charge is 0.310 e. The van der Waals surface area contributed by atoms with Crippen LogP contribution in [0.3, 0.4) is 0 Å². The molecule has 0 aliphatic carbocycles. The van der Waals surface area contributed by atoms with Crippen molar-refractivity contribution in [3.05, 3.63) is 12.7 Å². The number of halogens is 3. The van der Waals surface area contributed by atoms with E-state index in [0.717, 1.165) is 0 Å². The summed E-state index contributed by atoms with van der Waals surface area (Å²) in [4.78, 5) is 40.2. The first-order chi connectivity index (χ1) is 16.8. The summed E-state index contributed by atoms with van der Waals surface area (Å²) in [5.41, 5.74) is -1.81. The lowest BCUT2D eigenvalue weighted by atomic mass is 9.70. The highest BCUT2D eigenvalue weighted by Gasteiger charge is 2.49. The van der Waals surface area contributed by atoms with Crippen LogP contribution in [0.25, 0.3) is 0 Å². The number of esters is 2. The Morgan fingerprint density at radius 1 is 0.947 bits per heavy atom. The highest BCUT2D eigenvalue weighted by molar-refractivity contribution is 6.74. The van der Waals surface area contributed by atoms with E-state index in [9.17, 15) is 14.4 Å². The van der Waals surface area contributed by atoms with Crippen LogP contribution in [0, 0.1) is 23.2 Å². The molecule has 0 fully saturated rings.